The standard InChI is InChI=1S/C15H20N4O2.ClH/c1-2-19-13-9-12(4-3-11(13)10-17-19)18-14(20)15(16)5-7-21-8-6-15;/h3-4,9-10H,2,5-8,16H2,1H3,(H,18,20);1H. The van der Waals surface area contributed by atoms with Crippen molar-refractivity contribution in [3.8, 4) is 0 Å². The number of aromatic nitrogens is 2. The van der Waals surface area contributed by atoms with E-state index in [4.69, 9.17) is 10.5 Å². The number of fused-ring (bicyclic) bond motifs is 1. The second-order valence-electron chi connectivity index (χ2n) is 5.46. The number of nitrogens with zero attached hydrogens (tertiary/aromatic N) is 2. The fraction of sp³-hybridized carbons (Fsp3) is 0.467. The SMILES string of the molecule is CCn1ncc2ccc(NC(=O)C3(N)CCOCC3)cc21.Cl. The van der Waals surface area contributed by atoms with E-state index in [2.05, 4.69) is 10.4 Å². The summed E-state index contributed by atoms with van der Waals surface area (Å²) in [5.74, 6) is -0.146. The number of aryl methyl sites for hydroxylation is 1. The molecule has 0 saturated carbocycles. The molecule has 22 heavy (non-hydrogen) atoms. The number of benzene rings is 1. The van der Waals surface area contributed by atoms with Crippen molar-refractivity contribution in [3.63, 3.8) is 0 Å². The molecule has 0 radical (unpaired) electrons. The Morgan fingerprint density at radius 2 is 2.18 bits per heavy atom. The summed E-state index contributed by atoms with van der Waals surface area (Å²) < 4.78 is 7.17. The molecule has 1 amide bonds. The van der Waals surface area contributed by atoms with Crippen molar-refractivity contribution >= 4 is 34.9 Å². The zero-order valence-corrected chi connectivity index (χ0v) is 13.4. The average Bonchev–Trinajstić information content (AvgIpc) is 2.90. The van der Waals surface area contributed by atoms with Crippen molar-refractivity contribution in [2.24, 2.45) is 5.73 Å². The third-order valence-electron chi connectivity index (χ3n) is 4.04. The summed E-state index contributed by atoms with van der Waals surface area (Å²) in [4.78, 5) is 12.4. The van der Waals surface area contributed by atoms with Crippen LogP contribution in [0.15, 0.2) is 24.4 Å². The van der Waals surface area contributed by atoms with Gasteiger partial charge in [-0.3, -0.25) is 9.48 Å². The van der Waals surface area contributed by atoms with Crippen molar-refractivity contribution < 1.29 is 9.53 Å². The van der Waals surface area contributed by atoms with Crippen molar-refractivity contribution in [2.75, 3.05) is 18.5 Å². The smallest absolute Gasteiger partial charge is 0.244 e. The Labute approximate surface area is 135 Å². The van der Waals surface area contributed by atoms with Gasteiger partial charge in [-0.25, -0.2) is 0 Å². The van der Waals surface area contributed by atoms with Crippen LogP contribution in [-0.2, 0) is 16.1 Å². The number of hydrogen-bond donors (Lipinski definition) is 2. The van der Waals surface area contributed by atoms with Crippen molar-refractivity contribution in [2.45, 2.75) is 31.8 Å². The zero-order chi connectivity index (χ0) is 14.9. The van der Waals surface area contributed by atoms with E-state index in [9.17, 15) is 4.79 Å². The number of nitrogens with one attached hydrogen (secondary N) is 1. The lowest BCUT2D eigenvalue weighted by atomic mass is 9.90. The molecule has 3 N–H and O–H groups in total. The van der Waals surface area contributed by atoms with Crippen LogP contribution in [0.3, 0.4) is 0 Å². The fourth-order valence-corrected chi connectivity index (χ4v) is 2.62. The summed E-state index contributed by atoms with van der Waals surface area (Å²) in [6, 6.07) is 5.77. The number of carbonyl (C=O) groups is 1. The van der Waals surface area contributed by atoms with Crippen LogP contribution < -0.4 is 11.1 Å². The van der Waals surface area contributed by atoms with Gasteiger partial charge < -0.3 is 15.8 Å². The Morgan fingerprint density at radius 1 is 1.45 bits per heavy atom. The number of nitrogens with two attached hydrogens (primary N) is 1. The minimum Gasteiger partial charge on any atom is -0.381 e. The number of anilines is 1. The van der Waals surface area contributed by atoms with Crippen LogP contribution >= 0.6 is 12.4 Å². The van der Waals surface area contributed by atoms with E-state index in [-0.39, 0.29) is 18.3 Å². The van der Waals surface area contributed by atoms with Gasteiger partial charge in [0.1, 0.15) is 5.54 Å². The maximum atomic E-state index is 12.4. The Hall–Kier alpha value is -1.63. The average molecular weight is 325 g/mol. The number of rotatable bonds is 3. The molecular formula is C15H21ClN4O2. The quantitative estimate of drug-likeness (QED) is 0.903. The molecule has 1 aromatic carbocycles. The molecule has 0 atom stereocenters. The van der Waals surface area contributed by atoms with Gasteiger partial charge in [0.15, 0.2) is 0 Å². The number of halogens is 1. The third-order valence-corrected chi connectivity index (χ3v) is 4.04. The highest BCUT2D eigenvalue weighted by molar-refractivity contribution is 5.99. The largest absolute Gasteiger partial charge is 0.381 e. The molecule has 2 heterocycles. The van der Waals surface area contributed by atoms with Gasteiger partial charge in [0.25, 0.3) is 0 Å². The Kier molecular flexibility index (Phi) is 5.05. The van der Waals surface area contributed by atoms with Gasteiger partial charge in [-0.2, -0.15) is 5.10 Å². The molecular weight excluding hydrogens is 304 g/mol. The van der Waals surface area contributed by atoms with Crippen LogP contribution in [0.2, 0.25) is 0 Å². The first-order valence-electron chi connectivity index (χ1n) is 7.26. The Bertz CT molecular complexity index is 665. The lowest BCUT2D eigenvalue weighted by Crippen LogP contribution is -2.54. The molecule has 6 nitrogen and oxygen atoms in total. The van der Waals surface area contributed by atoms with Crippen LogP contribution in [0.1, 0.15) is 19.8 Å². The minimum atomic E-state index is -0.835. The van der Waals surface area contributed by atoms with Crippen LogP contribution in [-0.4, -0.2) is 34.4 Å². The van der Waals surface area contributed by atoms with E-state index in [1.165, 1.54) is 0 Å². The lowest BCUT2D eigenvalue weighted by molar-refractivity contribution is -0.124. The molecule has 1 aliphatic heterocycles. The maximum Gasteiger partial charge on any atom is 0.244 e. The molecule has 1 aliphatic rings. The van der Waals surface area contributed by atoms with Gasteiger partial charge in [0.05, 0.1) is 11.7 Å². The van der Waals surface area contributed by atoms with Gasteiger partial charge in [-0.05, 0) is 38.0 Å². The van der Waals surface area contributed by atoms with E-state index >= 15 is 0 Å². The molecule has 0 aliphatic carbocycles. The van der Waals surface area contributed by atoms with E-state index in [0.29, 0.717) is 26.1 Å². The summed E-state index contributed by atoms with van der Waals surface area (Å²) in [5.41, 5.74) is 7.11. The van der Waals surface area contributed by atoms with Crippen LogP contribution in [0.4, 0.5) is 5.69 Å². The monoisotopic (exact) mass is 324 g/mol. The Morgan fingerprint density at radius 3 is 2.86 bits per heavy atom. The van der Waals surface area contributed by atoms with Crippen molar-refractivity contribution in [3.05, 3.63) is 24.4 Å². The van der Waals surface area contributed by atoms with Gasteiger partial charge in [-0.15, -0.1) is 12.4 Å². The fourth-order valence-electron chi connectivity index (χ4n) is 2.62. The first-order chi connectivity index (χ1) is 10.1. The molecule has 1 aromatic heterocycles. The second-order valence-corrected chi connectivity index (χ2v) is 5.46. The summed E-state index contributed by atoms with van der Waals surface area (Å²) in [6.07, 6.45) is 2.93. The third kappa shape index (κ3) is 3.09. The van der Waals surface area contributed by atoms with Gasteiger partial charge >= 0.3 is 0 Å². The first-order valence-corrected chi connectivity index (χ1v) is 7.26. The molecule has 120 valence electrons. The van der Waals surface area contributed by atoms with Crippen molar-refractivity contribution in [1.29, 1.82) is 0 Å². The number of ether oxygens (including phenoxy) is 1. The van der Waals surface area contributed by atoms with Crippen LogP contribution in [0.5, 0.6) is 0 Å². The molecule has 0 unspecified atom stereocenters. The highest BCUT2D eigenvalue weighted by Crippen LogP contribution is 2.23. The highest BCUT2D eigenvalue weighted by Gasteiger charge is 2.35. The number of carbonyl (C=O) groups excluding carboxylic acids is 1. The minimum absolute atomic E-state index is 0. The molecule has 3 rings (SSSR count). The lowest BCUT2D eigenvalue weighted by Gasteiger charge is -2.31. The predicted molar refractivity (Wildman–Crippen MR) is 88.3 cm³/mol. The molecule has 0 spiro atoms. The number of hydrogen-bond acceptors (Lipinski definition) is 4. The summed E-state index contributed by atoms with van der Waals surface area (Å²) in [7, 11) is 0. The Balaban J connectivity index is 0.00000176. The molecule has 2 aromatic rings. The second kappa shape index (κ2) is 6.64. The van der Waals surface area contributed by atoms with Crippen molar-refractivity contribution in [1.82, 2.24) is 9.78 Å². The zero-order valence-electron chi connectivity index (χ0n) is 12.5. The van der Waals surface area contributed by atoms with E-state index in [1.807, 2.05) is 36.0 Å². The van der Waals surface area contributed by atoms with Crippen LogP contribution in [0.25, 0.3) is 10.9 Å². The maximum absolute atomic E-state index is 12.4. The topological polar surface area (TPSA) is 82.2 Å². The number of amides is 1. The van der Waals surface area contributed by atoms with E-state index < -0.39 is 5.54 Å². The van der Waals surface area contributed by atoms with Gasteiger partial charge in [0, 0.05) is 30.8 Å². The summed E-state index contributed by atoms with van der Waals surface area (Å²) in [5, 5.41) is 8.28. The van der Waals surface area contributed by atoms with Gasteiger partial charge in [0.2, 0.25) is 5.91 Å². The predicted octanol–water partition coefficient (Wildman–Crippen LogP) is 1.92. The van der Waals surface area contributed by atoms with E-state index in [1.54, 1.807) is 0 Å². The molecule has 7 heteroatoms. The first kappa shape index (κ1) is 16.7. The molecule has 1 saturated heterocycles. The van der Waals surface area contributed by atoms with Crippen LogP contribution in [0, 0.1) is 0 Å². The van der Waals surface area contributed by atoms with Gasteiger partial charge in [-0.1, -0.05) is 0 Å². The highest BCUT2D eigenvalue weighted by atomic mass is 35.5. The summed E-state index contributed by atoms with van der Waals surface area (Å²) >= 11 is 0. The molecule has 1 fully saturated rings. The van der Waals surface area contributed by atoms with E-state index in [0.717, 1.165) is 23.1 Å². The summed E-state index contributed by atoms with van der Waals surface area (Å²) in [6.45, 7) is 3.89. The molecule has 0 bridgehead atoms. The normalized spacial score (nSPS) is 17.0.